The first-order chi connectivity index (χ1) is 12.8. The molecule has 0 bridgehead atoms. The summed E-state index contributed by atoms with van der Waals surface area (Å²) in [7, 11) is 0. The van der Waals surface area contributed by atoms with Gasteiger partial charge in [0.1, 0.15) is 5.69 Å². The van der Waals surface area contributed by atoms with E-state index in [0.717, 1.165) is 45.6 Å². The Bertz CT molecular complexity index is 698. The van der Waals surface area contributed by atoms with Gasteiger partial charge in [0.15, 0.2) is 0 Å². The number of nitrogens with one attached hydrogen (secondary N) is 1. The topological polar surface area (TPSA) is 61.4 Å². The molecule has 1 amide bonds. The fourth-order valence-electron chi connectivity index (χ4n) is 3.04. The Morgan fingerprint density at radius 3 is 2.62 bits per heavy atom. The molecular formula is C20H27N5O. The molecular weight excluding hydrogens is 326 g/mol. The largest absolute Gasteiger partial charge is 0.351 e. The minimum Gasteiger partial charge on any atom is -0.351 e. The summed E-state index contributed by atoms with van der Waals surface area (Å²) in [5.41, 5.74) is 1.78. The van der Waals surface area contributed by atoms with Gasteiger partial charge in [0, 0.05) is 45.5 Å². The maximum atomic E-state index is 12.2. The third-order valence-electron chi connectivity index (χ3n) is 4.60. The third kappa shape index (κ3) is 5.02. The monoisotopic (exact) mass is 353 g/mol. The molecule has 1 aromatic carbocycles. The van der Waals surface area contributed by atoms with Crippen molar-refractivity contribution >= 4 is 11.9 Å². The molecule has 1 saturated heterocycles. The third-order valence-corrected chi connectivity index (χ3v) is 4.60. The number of hydrogen-bond acceptors (Lipinski definition) is 5. The van der Waals surface area contributed by atoms with Gasteiger partial charge < -0.3 is 10.2 Å². The van der Waals surface area contributed by atoms with Crippen molar-refractivity contribution in [1.82, 2.24) is 20.2 Å². The highest BCUT2D eigenvalue weighted by Gasteiger charge is 2.20. The predicted octanol–water partition coefficient (Wildman–Crippen LogP) is 2.33. The van der Waals surface area contributed by atoms with Crippen molar-refractivity contribution in [2.45, 2.75) is 26.3 Å². The molecule has 1 N–H and O–H groups in total. The van der Waals surface area contributed by atoms with Crippen molar-refractivity contribution in [1.29, 1.82) is 0 Å². The fraction of sp³-hybridized carbons (Fsp3) is 0.450. The zero-order valence-electron chi connectivity index (χ0n) is 15.4. The Morgan fingerprint density at radius 2 is 1.88 bits per heavy atom. The van der Waals surface area contributed by atoms with Gasteiger partial charge in [0.05, 0.1) is 0 Å². The van der Waals surface area contributed by atoms with Crippen LogP contribution in [-0.2, 0) is 6.54 Å². The second-order valence-corrected chi connectivity index (χ2v) is 6.60. The summed E-state index contributed by atoms with van der Waals surface area (Å²) < 4.78 is 0. The average molecular weight is 353 g/mol. The molecule has 138 valence electrons. The second kappa shape index (κ2) is 9.29. The molecule has 3 rings (SSSR count). The van der Waals surface area contributed by atoms with Crippen LogP contribution in [0.1, 0.15) is 35.8 Å². The Kier molecular flexibility index (Phi) is 6.55. The fourth-order valence-corrected chi connectivity index (χ4v) is 3.04. The van der Waals surface area contributed by atoms with Crippen LogP contribution in [0.15, 0.2) is 42.6 Å². The number of benzene rings is 1. The van der Waals surface area contributed by atoms with Crippen LogP contribution in [0.25, 0.3) is 0 Å². The molecule has 2 aromatic rings. The predicted molar refractivity (Wildman–Crippen MR) is 103 cm³/mol. The first-order valence-electron chi connectivity index (χ1n) is 9.38. The van der Waals surface area contributed by atoms with Gasteiger partial charge in [0.25, 0.3) is 5.91 Å². The van der Waals surface area contributed by atoms with E-state index in [1.165, 1.54) is 5.56 Å². The van der Waals surface area contributed by atoms with Gasteiger partial charge in [-0.2, -0.15) is 0 Å². The van der Waals surface area contributed by atoms with Crippen LogP contribution in [0.4, 0.5) is 5.95 Å². The lowest BCUT2D eigenvalue weighted by Gasteiger charge is -2.34. The SMILES string of the molecule is CCCCNC(=O)c1ccnc(N2CCN(Cc3ccccc3)CC2)n1. The molecule has 1 fully saturated rings. The standard InChI is InChI=1S/C20H27N5O/c1-2-3-10-21-19(26)18-9-11-22-20(23-18)25-14-12-24(13-15-25)16-17-7-5-4-6-8-17/h4-9,11H,2-3,10,12-16H2,1H3,(H,21,26). The van der Waals surface area contributed by atoms with Crippen LogP contribution in [0, 0.1) is 0 Å². The van der Waals surface area contributed by atoms with Crippen molar-refractivity contribution in [3.63, 3.8) is 0 Å². The zero-order chi connectivity index (χ0) is 18.2. The maximum Gasteiger partial charge on any atom is 0.270 e. The number of rotatable bonds is 7. The Hall–Kier alpha value is -2.47. The van der Waals surface area contributed by atoms with E-state index in [-0.39, 0.29) is 5.91 Å². The Balaban J connectivity index is 1.54. The summed E-state index contributed by atoms with van der Waals surface area (Å²) >= 11 is 0. The summed E-state index contributed by atoms with van der Waals surface area (Å²) in [5, 5.41) is 2.91. The quantitative estimate of drug-likeness (QED) is 0.774. The zero-order valence-corrected chi connectivity index (χ0v) is 15.4. The first kappa shape index (κ1) is 18.3. The summed E-state index contributed by atoms with van der Waals surface area (Å²) in [5.74, 6) is 0.525. The molecule has 26 heavy (non-hydrogen) atoms. The number of amides is 1. The highest BCUT2D eigenvalue weighted by Crippen LogP contribution is 2.13. The van der Waals surface area contributed by atoms with Gasteiger partial charge in [-0.05, 0) is 18.1 Å². The number of unbranched alkanes of at least 4 members (excludes halogenated alkanes) is 1. The number of aromatic nitrogens is 2. The van der Waals surface area contributed by atoms with E-state index in [1.807, 2.05) is 6.07 Å². The van der Waals surface area contributed by atoms with E-state index < -0.39 is 0 Å². The first-order valence-corrected chi connectivity index (χ1v) is 9.38. The molecule has 2 heterocycles. The number of piperazine rings is 1. The molecule has 0 spiro atoms. The molecule has 0 atom stereocenters. The lowest BCUT2D eigenvalue weighted by Crippen LogP contribution is -2.46. The van der Waals surface area contributed by atoms with E-state index in [0.29, 0.717) is 18.2 Å². The minimum atomic E-state index is -0.121. The van der Waals surface area contributed by atoms with Crippen LogP contribution < -0.4 is 10.2 Å². The van der Waals surface area contributed by atoms with Crippen LogP contribution in [0.2, 0.25) is 0 Å². The van der Waals surface area contributed by atoms with Crippen LogP contribution >= 0.6 is 0 Å². The van der Waals surface area contributed by atoms with Crippen molar-refractivity contribution in [2.75, 3.05) is 37.6 Å². The van der Waals surface area contributed by atoms with E-state index >= 15 is 0 Å². The van der Waals surface area contributed by atoms with Gasteiger partial charge in [0.2, 0.25) is 5.95 Å². The van der Waals surface area contributed by atoms with Gasteiger partial charge >= 0.3 is 0 Å². The summed E-state index contributed by atoms with van der Waals surface area (Å²) in [4.78, 5) is 25.6. The van der Waals surface area contributed by atoms with Crippen molar-refractivity contribution < 1.29 is 4.79 Å². The molecule has 0 radical (unpaired) electrons. The van der Waals surface area contributed by atoms with Gasteiger partial charge in [-0.15, -0.1) is 0 Å². The molecule has 0 unspecified atom stereocenters. The van der Waals surface area contributed by atoms with Gasteiger partial charge in [-0.3, -0.25) is 9.69 Å². The van der Waals surface area contributed by atoms with E-state index in [4.69, 9.17) is 0 Å². The number of carbonyl (C=O) groups is 1. The van der Waals surface area contributed by atoms with E-state index in [1.54, 1.807) is 12.3 Å². The molecule has 1 aliphatic heterocycles. The van der Waals surface area contributed by atoms with E-state index in [9.17, 15) is 4.79 Å². The number of anilines is 1. The highest BCUT2D eigenvalue weighted by molar-refractivity contribution is 5.92. The average Bonchev–Trinajstić information content (AvgIpc) is 2.69. The molecule has 6 nitrogen and oxygen atoms in total. The minimum absolute atomic E-state index is 0.121. The highest BCUT2D eigenvalue weighted by atomic mass is 16.1. The smallest absolute Gasteiger partial charge is 0.270 e. The normalized spacial score (nSPS) is 15.0. The summed E-state index contributed by atoms with van der Waals surface area (Å²) in [6.07, 6.45) is 3.71. The maximum absolute atomic E-state index is 12.2. The number of carbonyl (C=O) groups excluding carboxylic acids is 1. The van der Waals surface area contributed by atoms with Crippen molar-refractivity contribution in [3.8, 4) is 0 Å². The van der Waals surface area contributed by atoms with Gasteiger partial charge in [-0.1, -0.05) is 43.7 Å². The molecule has 0 aliphatic carbocycles. The van der Waals surface area contributed by atoms with Crippen LogP contribution in [0.3, 0.4) is 0 Å². The van der Waals surface area contributed by atoms with Crippen molar-refractivity contribution in [2.24, 2.45) is 0 Å². The van der Waals surface area contributed by atoms with Crippen LogP contribution in [0.5, 0.6) is 0 Å². The van der Waals surface area contributed by atoms with Crippen LogP contribution in [-0.4, -0.2) is 53.5 Å². The van der Waals surface area contributed by atoms with Crippen molar-refractivity contribution in [3.05, 3.63) is 53.9 Å². The molecule has 1 aromatic heterocycles. The van der Waals surface area contributed by atoms with E-state index in [2.05, 4.69) is 56.3 Å². The molecule has 1 aliphatic rings. The lowest BCUT2D eigenvalue weighted by molar-refractivity contribution is 0.0948. The lowest BCUT2D eigenvalue weighted by atomic mass is 10.2. The Labute approximate surface area is 155 Å². The molecule has 0 saturated carbocycles. The second-order valence-electron chi connectivity index (χ2n) is 6.60. The summed E-state index contributed by atoms with van der Waals surface area (Å²) in [6, 6.07) is 12.2. The Morgan fingerprint density at radius 1 is 1.12 bits per heavy atom. The number of hydrogen-bond donors (Lipinski definition) is 1. The molecule has 6 heteroatoms. The van der Waals surface area contributed by atoms with Gasteiger partial charge in [-0.25, -0.2) is 9.97 Å². The number of nitrogens with zero attached hydrogens (tertiary/aromatic N) is 4. The summed E-state index contributed by atoms with van der Waals surface area (Å²) in [6.45, 7) is 7.42.